The number of carbonyl (C=O) groups excluding carboxylic acids is 1. The number of nitrogens with one attached hydrogen (secondary N) is 1. The molecular weight excluding hydrogens is 364 g/mol. The van der Waals surface area contributed by atoms with Crippen molar-refractivity contribution in [2.75, 3.05) is 27.2 Å². The molecule has 1 aromatic carbocycles. The van der Waals surface area contributed by atoms with Crippen LogP contribution in [0.5, 0.6) is 11.5 Å². The highest BCUT2D eigenvalue weighted by Gasteiger charge is 2.19. The van der Waals surface area contributed by atoms with E-state index in [4.69, 9.17) is 9.47 Å². The Balaban J connectivity index is 2.43. The molecule has 1 aromatic rings. The number of phenols is 1. The fourth-order valence-electron chi connectivity index (χ4n) is 1.80. The van der Waals surface area contributed by atoms with Gasteiger partial charge in [-0.25, -0.2) is 4.79 Å². The van der Waals surface area contributed by atoms with Crippen LogP contribution in [0.25, 0.3) is 0 Å². The Morgan fingerprint density at radius 3 is 2.61 bits per heavy atom. The lowest BCUT2D eigenvalue weighted by Crippen LogP contribution is -2.37. The molecule has 0 radical (unpaired) electrons. The van der Waals surface area contributed by atoms with Gasteiger partial charge in [0.2, 0.25) is 0 Å². The molecule has 1 amide bonds. The number of aromatic hydroxyl groups is 1. The van der Waals surface area contributed by atoms with Gasteiger partial charge in [-0.1, -0.05) is 0 Å². The van der Waals surface area contributed by atoms with E-state index < -0.39 is 5.60 Å². The number of halogens is 1. The standard InChI is InChI=1S/C16H25BrN2O4/c1-16(2,3)23-15(21)19(4)7-6-18-10-11-8-12(17)14(20)13(9-11)22-5/h8-9,18,20H,6-7,10H2,1-5H3. The Bertz CT molecular complexity index is 544. The minimum Gasteiger partial charge on any atom is -0.503 e. The van der Waals surface area contributed by atoms with Crippen LogP contribution in [-0.4, -0.2) is 48.9 Å². The molecule has 1 rings (SSSR count). The molecule has 0 heterocycles. The third-order valence-electron chi connectivity index (χ3n) is 2.97. The Morgan fingerprint density at radius 2 is 2.04 bits per heavy atom. The van der Waals surface area contributed by atoms with Gasteiger partial charge in [0.1, 0.15) is 5.60 Å². The largest absolute Gasteiger partial charge is 0.503 e. The number of nitrogens with zero attached hydrogens (tertiary/aromatic N) is 1. The van der Waals surface area contributed by atoms with Crippen LogP contribution in [0.3, 0.4) is 0 Å². The summed E-state index contributed by atoms with van der Waals surface area (Å²) >= 11 is 3.29. The van der Waals surface area contributed by atoms with E-state index in [0.717, 1.165) is 5.56 Å². The van der Waals surface area contributed by atoms with Gasteiger partial charge >= 0.3 is 6.09 Å². The van der Waals surface area contributed by atoms with E-state index >= 15 is 0 Å². The molecule has 0 aliphatic carbocycles. The number of hydrogen-bond acceptors (Lipinski definition) is 5. The molecule has 0 aliphatic rings. The molecular formula is C16H25BrN2O4. The Morgan fingerprint density at radius 1 is 1.39 bits per heavy atom. The zero-order chi connectivity index (χ0) is 17.6. The molecule has 130 valence electrons. The van der Waals surface area contributed by atoms with Gasteiger partial charge < -0.3 is 24.8 Å². The van der Waals surface area contributed by atoms with Crippen molar-refractivity contribution >= 4 is 22.0 Å². The number of amides is 1. The maximum absolute atomic E-state index is 11.8. The first kappa shape index (κ1) is 19.6. The number of phenolic OH excluding ortho intramolecular Hbond substituents is 1. The van der Waals surface area contributed by atoms with Crippen molar-refractivity contribution in [3.8, 4) is 11.5 Å². The number of methoxy groups -OCH3 is 1. The van der Waals surface area contributed by atoms with Crippen LogP contribution in [0, 0.1) is 0 Å². The van der Waals surface area contributed by atoms with E-state index in [9.17, 15) is 9.90 Å². The first-order valence-electron chi connectivity index (χ1n) is 7.34. The van der Waals surface area contributed by atoms with Crippen LogP contribution in [-0.2, 0) is 11.3 Å². The number of ether oxygens (including phenoxy) is 2. The monoisotopic (exact) mass is 388 g/mol. The summed E-state index contributed by atoms with van der Waals surface area (Å²) < 4.78 is 11.0. The van der Waals surface area contributed by atoms with E-state index in [1.165, 1.54) is 12.0 Å². The summed E-state index contributed by atoms with van der Waals surface area (Å²) in [7, 11) is 3.21. The smallest absolute Gasteiger partial charge is 0.410 e. The molecule has 0 bridgehead atoms. The normalized spacial score (nSPS) is 11.2. The number of rotatable bonds is 6. The van der Waals surface area contributed by atoms with Gasteiger partial charge in [-0.2, -0.15) is 0 Å². The molecule has 0 atom stereocenters. The number of hydrogen-bond donors (Lipinski definition) is 2. The molecule has 23 heavy (non-hydrogen) atoms. The molecule has 7 heteroatoms. The Hall–Kier alpha value is -1.47. The zero-order valence-electron chi connectivity index (χ0n) is 14.3. The second-order valence-electron chi connectivity index (χ2n) is 6.21. The van der Waals surface area contributed by atoms with Crippen LogP contribution in [0.2, 0.25) is 0 Å². The molecule has 2 N–H and O–H groups in total. The van der Waals surface area contributed by atoms with Crippen molar-refractivity contribution in [2.24, 2.45) is 0 Å². The van der Waals surface area contributed by atoms with Gasteiger partial charge in [-0.15, -0.1) is 0 Å². The lowest BCUT2D eigenvalue weighted by Gasteiger charge is -2.24. The third-order valence-corrected chi connectivity index (χ3v) is 3.57. The SMILES string of the molecule is COc1cc(CNCCN(C)C(=O)OC(C)(C)C)cc(Br)c1O. The van der Waals surface area contributed by atoms with Crippen LogP contribution >= 0.6 is 15.9 Å². The molecule has 0 aliphatic heterocycles. The van der Waals surface area contributed by atoms with Crippen molar-refractivity contribution in [1.82, 2.24) is 10.2 Å². The van der Waals surface area contributed by atoms with E-state index in [1.54, 1.807) is 13.1 Å². The van der Waals surface area contributed by atoms with Gasteiger partial charge in [-0.05, 0) is 54.4 Å². The second-order valence-corrected chi connectivity index (χ2v) is 7.06. The number of benzene rings is 1. The quantitative estimate of drug-likeness (QED) is 0.732. The first-order chi connectivity index (χ1) is 10.6. The maximum Gasteiger partial charge on any atom is 0.410 e. The summed E-state index contributed by atoms with van der Waals surface area (Å²) in [4.78, 5) is 13.3. The highest BCUT2D eigenvalue weighted by molar-refractivity contribution is 9.10. The zero-order valence-corrected chi connectivity index (χ0v) is 15.9. The van der Waals surface area contributed by atoms with Crippen molar-refractivity contribution in [1.29, 1.82) is 0 Å². The van der Waals surface area contributed by atoms with Crippen molar-refractivity contribution < 1.29 is 19.4 Å². The fraction of sp³-hybridized carbons (Fsp3) is 0.562. The van der Waals surface area contributed by atoms with Crippen molar-refractivity contribution in [3.63, 3.8) is 0 Å². The van der Waals surface area contributed by atoms with Gasteiger partial charge in [-0.3, -0.25) is 0 Å². The average Bonchev–Trinajstić information content (AvgIpc) is 2.44. The van der Waals surface area contributed by atoms with Gasteiger partial charge in [0.15, 0.2) is 11.5 Å². The van der Waals surface area contributed by atoms with E-state index in [1.807, 2.05) is 26.8 Å². The molecule has 0 fully saturated rings. The lowest BCUT2D eigenvalue weighted by atomic mass is 10.2. The average molecular weight is 389 g/mol. The Labute approximate surface area is 145 Å². The van der Waals surface area contributed by atoms with Crippen LogP contribution in [0.4, 0.5) is 4.79 Å². The summed E-state index contributed by atoms with van der Waals surface area (Å²) in [6.07, 6.45) is -0.339. The van der Waals surface area contributed by atoms with E-state index in [2.05, 4.69) is 21.2 Å². The molecule has 0 saturated heterocycles. The van der Waals surface area contributed by atoms with Crippen LogP contribution < -0.4 is 10.1 Å². The topological polar surface area (TPSA) is 71.0 Å². The predicted molar refractivity (Wildman–Crippen MR) is 92.9 cm³/mol. The summed E-state index contributed by atoms with van der Waals surface area (Å²) in [6.45, 7) is 7.27. The fourth-order valence-corrected chi connectivity index (χ4v) is 2.28. The predicted octanol–water partition coefficient (Wildman–Crippen LogP) is 3.12. The first-order valence-corrected chi connectivity index (χ1v) is 8.13. The van der Waals surface area contributed by atoms with Crippen molar-refractivity contribution in [3.05, 3.63) is 22.2 Å². The van der Waals surface area contributed by atoms with E-state index in [-0.39, 0.29) is 11.8 Å². The molecule has 0 aromatic heterocycles. The van der Waals surface area contributed by atoms with Crippen LogP contribution in [0.1, 0.15) is 26.3 Å². The number of likely N-dealkylation sites (N-methyl/N-ethyl adjacent to an activating group) is 1. The highest BCUT2D eigenvalue weighted by atomic mass is 79.9. The van der Waals surface area contributed by atoms with Gasteiger partial charge in [0.05, 0.1) is 11.6 Å². The molecule has 0 unspecified atom stereocenters. The maximum atomic E-state index is 11.8. The van der Waals surface area contributed by atoms with Crippen LogP contribution in [0.15, 0.2) is 16.6 Å². The summed E-state index contributed by atoms with van der Waals surface area (Å²) in [5.41, 5.74) is 0.472. The molecule has 6 nitrogen and oxygen atoms in total. The minimum atomic E-state index is -0.492. The molecule has 0 spiro atoms. The second kappa shape index (κ2) is 8.40. The molecule has 0 saturated carbocycles. The Kier molecular flexibility index (Phi) is 7.15. The van der Waals surface area contributed by atoms with E-state index in [0.29, 0.717) is 29.9 Å². The van der Waals surface area contributed by atoms with Gasteiger partial charge in [0, 0.05) is 26.7 Å². The van der Waals surface area contributed by atoms with Crippen molar-refractivity contribution in [2.45, 2.75) is 32.9 Å². The summed E-state index contributed by atoms with van der Waals surface area (Å²) in [5.74, 6) is 0.503. The summed E-state index contributed by atoms with van der Waals surface area (Å²) in [5, 5.41) is 13.0. The summed E-state index contributed by atoms with van der Waals surface area (Å²) in [6, 6.07) is 3.59. The highest BCUT2D eigenvalue weighted by Crippen LogP contribution is 2.35. The van der Waals surface area contributed by atoms with Gasteiger partial charge in [0.25, 0.3) is 0 Å². The number of carbonyl (C=O) groups is 1. The lowest BCUT2D eigenvalue weighted by molar-refractivity contribution is 0.0300. The third kappa shape index (κ3) is 6.66. The minimum absolute atomic E-state index is 0.0842.